The van der Waals surface area contributed by atoms with Crippen molar-refractivity contribution in [2.24, 2.45) is 0 Å². The zero-order valence-corrected chi connectivity index (χ0v) is 13.7. The lowest BCUT2D eigenvalue weighted by atomic mass is 10.1. The second-order valence-electron chi connectivity index (χ2n) is 5.87. The summed E-state index contributed by atoms with van der Waals surface area (Å²) in [5, 5.41) is 17.6. The molecule has 0 aliphatic carbocycles. The zero-order chi connectivity index (χ0) is 15.8. The van der Waals surface area contributed by atoms with Crippen LogP contribution in [0, 0.1) is 0 Å². The number of carbonyl (C=O) groups is 1. The Labute approximate surface area is 130 Å². The van der Waals surface area contributed by atoms with Crippen molar-refractivity contribution in [3.63, 3.8) is 0 Å². The van der Waals surface area contributed by atoms with Gasteiger partial charge in [0, 0.05) is 0 Å². The van der Waals surface area contributed by atoms with Crippen molar-refractivity contribution in [3.05, 3.63) is 12.2 Å². The molecule has 0 aromatic carbocycles. The van der Waals surface area contributed by atoms with Crippen molar-refractivity contribution < 1.29 is 15.0 Å². The number of rotatable bonds is 15. The van der Waals surface area contributed by atoms with Crippen LogP contribution in [0.4, 0.5) is 0 Å². The third kappa shape index (κ3) is 15.4. The molecule has 0 heterocycles. The highest BCUT2D eigenvalue weighted by molar-refractivity contribution is 5.71. The molecular formula is C18H34O3. The van der Waals surface area contributed by atoms with Crippen molar-refractivity contribution in [3.8, 4) is 0 Å². The molecule has 1 atom stereocenters. The number of carboxylic acids is 1. The van der Waals surface area contributed by atoms with Gasteiger partial charge in [0.05, 0.1) is 0 Å². The van der Waals surface area contributed by atoms with Crippen LogP contribution in [0.3, 0.4) is 0 Å². The predicted octanol–water partition coefficient (Wildman–Crippen LogP) is 5.08. The van der Waals surface area contributed by atoms with Crippen molar-refractivity contribution in [2.45, 2.75) is 96.5 Å². The summed E-state index contributed by atoms with van der Waals surface area (Å²) >= 11 is 0. The van der Waals surface area contributed by atoms with E-state index in [-0.39, 0.29) is 0 Å². The van der Waals surface area contributed by atoms with E-state index in [9.17, 15) is 4.79 Å². The molecule has 0 aromatic rings. The summed E-state index contributed by atoms with van der Waals surface area (Å²) in [4.78, 5) is 10.4. The van der Waals surface area contributed by atoms with Crippen molar-refractivity contribution >= 4 is 5.97 Å². The van der Waals surface area contributed by atoms with Crippen LogP contribution in [0.2, 0.25) is 0 Å². The zero-order valence-electron chi connectivity index (χ0n) is 13.7. The molecule has 0 unspecified atom stereocenters. The minimum Gasteiger partial charge on any atom is -0.479 e. The Morgan fingerprint density at radius 1 is 0.857 bits per heavy atom. The Hall–Kier alpha value is -0.830. The summed E-state index contributed by atoms with van der Waals surface area (Å²) in [5.74, 6) is -1.10. The second kappa shape index (κ2) is 15.6. The SMILES string of the molecule is CCCCCCCCC=CCCCCCC[C@@H](O)C(=O)O. The van der Waals surface area contributed by atoms with Crippen molar-refractivity contribution in [1.82, 2.24) is 0 Å². The summed E-state index contributed by atoms with van der Waals surface area (Å²) in [5.41, 5.74) is 0. The first-order valence-electron chi connectivity index (χ1n) is 8.74. The van der Waals surface area contributed by atoms with Gasteiger partial charge < -0.3 is 10.2 Å². The van der Waals surface area contributed by atoms with Gasteiger partial charge >= 0.3 is 5.97 Å². The van der Waals surface area contributed by atoms with Gasteiger partial charge in [0.2, 0.25) is 0 Å². The molecule has 0 aromatic heterocycles. The summed E-state index contributed by atoms with van der Waals surface area (Å²) in [6.07, 6.45) is 18.3. The minimum absolute atomic E-state index is 0.378. The van der Waals surface area contributed by atoms with Crippen molar-refractivity contribution in [1.29, 1.82) is 0 Å². The fraction of sp³-hybridized carbons (Fsp3) is 0.833. The molecule has 0 radical (unpaired) electrons. The lowest BCUT2D eigenvalue weighted by Crippen LogP contribution is -2.18. The van der Waals surface area contributed by atoms with E-state index in [2.05, 4.69) is 19.1 Å². The van der Waals surface area contributed by atoms with E-state index in [1.165, 1.54) is 44.9 Å². The maximum Gasteiger partial charge on any atom is 0.332 e. The Morgan fingerprint density at radius 2 is 1.33 bits per heavy atom. The molecule has 3 heteroatoms. The number of hydrogen-bond donors (Lipinski definition) is 2. The van der Waals surface area contributed by atoms with E-state index in [4.69, 9.17) is 10.2 Å². The fourth-order valence-corrected chi connectivity index (χ4v) is 2.36. The third-order valence-corrected chi connectivity index (χ3v) is 3.77. The molecule has 0 spiro atoms. The first-order valence-corrected chi connectivity index (χ1v) is 8.74. The van der Waals surface area contributed by atoms with Crippen LogP contribution in [-0.4, -0.2) is 22.3 Å². The normalized spacial score (nSPS) is 12.9. The van der Waals surface area contributed by atoms with Gasteiger partial charge in [-0.15, -0.1) is 0 Å². The summed E-state index contributed by atoms with van der Waals surface area (Å²) in [7, 11) is 0. The minimum atomic E-state index is -1.18. The number of hydrogen-bond acceptors (Lipinski definition) is 2. The number of aliphatic carboxylic acids is 1. The monoisotopic (exact) mass is 298 g/mol. The van der Waals surface area contributed by atoms with E-state index in [0.29, 0.717) is 6.42 Å². The third-order valence-electron chi connectivity index (χ3n) is 3.77. The maximum atomic E-state index is 10.4. The molecule has 0 amide bonds. The standard InChI is InChI=1S/C18H34O3/c1-2-3-4-5-6-7-8-9-10-11-12-13-14-15-16-17(19)18(20)21/h9-10,17,19H,2-8,11-16H2,1H3,(H,20,21)/t17-/m1/s1. The molecular weight excluding hydrogens is 264 g/mol. The van der Waals surface area contributed by atoms with Crippen LogP contribution in [0.5, 0.6) is 0 Å². The van der Waals surface area contributed by atoms with Crippen LogP contribution < -0.4 is 0 Å². The molecule has 0 saturated carbocycles. The van der Waals surface area contributed by atoms with Gasteiger partial charge in [0.15, 0.2) is 6.10 Å². The first-order chi connectivity index (χ1) is 10.2. The largest absolute Gasteiger partial charge is 0.479 e. The van der Waals surface area contributed by atoms with Gasteiger partial charge in [-0.1, -0.05) is 70.4 Å². The topological polar surface area (TPSA) is 57.5 Å². The van der Waals surface area contributed by atoms with E-state index < -0.39 is 12.1 Å². The predicted molar refractivity (Wildman–Crippen MR) is 88.5 cm³/mol. The summed E-state index contributed by atoms with van der Waals surface area (Å²) < 4.78 is 0. The highest BCUT2D eigenvalue weighted by atomic mass is 16.4. The van der Waals surface area contributed by atoms with Crippen LogP contribution in [0.25, 0.3) is 0 Å². The van der Waals surface area contributed by atoms with E-state index in [0.717, 1.165) is 32.1 Å². The van der Waals surface area contributed by atoms with Crippen LogP contribution in [0.15, 0.2) is 12.2 Å². The smallest absolute Gasteiger partial charge is 0.332 e. The molecule has 0 fully saturated rings. The molecule has 0 rings (SSSR count). The molecule has 21 heavy (non-hydrogen) atoms. The Balaban J connectivity index is 3.17. The van der Waals surface area contributed by atoms with Crippen LogP contribution in [-0.2, 0) is 4.79 Å². The molecule has 0 saturated heterocycles. The highest BCUT2D eigenvalue weighted by Crippen LogP contribution is 2.10. The maximum absolute atomic E-state index is 10.4. The number of aliphatic hydroxyl groups is 1. The van der Waals surface area contributed by atoms with Gasteiger partial charge in [-0.25, -0.2) is 4.79 Å². The molecule has 124 valence electrons. The first kappa shape index (κ1) is 20.2. The number of carboxylic acid groups (broad SMARTS) is 1. The second-order valence-corrected chi connectivity index (χ2v) is 5.87. The summed E-state index contributed by atoms with van der Waals surface area (Å²) in [6.45, 7) is 2.25. The average Bonchev–Trinajstić information content (AvgIpc) is 2.47. The average molecular weight is 298 g/mol. The number of aliphatic hydroxyl groups excluding tert-OH is 1. The number of allylic oxidation sites excluding steroid dienone is 2. The van der Waals surface area contributed by atoms with E-state index >= 15 is 0 Å². The van der Waals surface area contributed by atoms with Gasteiger partial charge in [-0.2, -0.15) is 0 Å². The Kier molecular flexibility index (Phi) is 14.9. The van der Waals surface area contributed by atoms with Crippen molar-refractivity contribution in [2.75, 3.05) is 0 Å². The number of unbranched alkanes of at least 4 members (excludes halogenated alkanes) is 10. The molecule has 0 bridgehead atoms. The molecule has 0 aliphatic heterocycles. The van der Waals surface area contributed by atoms with Gasteiger partial charge in [0.1, 0.15) is 0 Å². The lowest BCUT2D eigenvalue weighted by Gasteiger charge is -2.04. The molecule has 3 nitrogen and oxygen atoms in total. The Bertz CT molecular complexity index is 261. The Morgan fingerprint density at radius 3 is 1.86 bits per heavy atom. The fourth-order valence-electron chi connectivity index (χ4n) is 2.36. The van der Waals surface area contributed by atoms with Gasteiger partial charge in [-0.3, -0.25) is 0 Å². The van der Waals surface area contributed by atoms with Crippen LogP contribution >= 0.6 is 0 Å². The highest BCUT2D eigenvalue weighted by Gasteiger charge is 2.11. The van der Waals surface area contributed by atoms with E-state index in [1.807, 2.05) is 0 Å². The van der Waals surface area contributed by atoms with Gasteiger partial charge in [-0.05, 0) is 32.1 Å². The van der Waals surface area contributed by atoms with E-state index in [1.54, 1.807) is 0 Å². The van der Waals surface area contributed by atoms with Crippen LogP contribution in [0.1, 0.15) is 90.4 Å². The van der Waals surface area contributed by atoms with Gasteiger partial charge in [0.25, 0.3) is 0 Å². The quantitative estimate of drug-likeness (QED) is 0.327. The molecule has 2 N–H and O–H groups in total. The molecule has 0 aliphatic rings. The lowest BCUT2D eigenvalue weighted by molar-refractivity contribution is -0.146. The summed E-state index contributed by atoms with van der Waals surface area (Å²) in [6, 6.07) is 0.